The van der Waals surface area contributed by atoms with Crippen LogP contribution in [0.1, 0.15) is 16.7 Å². The minimum Gasteiger partial charge on any atom is -0.309 e. The minimum atomic E-state index is -0.0163. The van der Waals surface area contributed by atoms with Crippen LogP contribution < -0.4 is 5.56 Å². The Hall–Kier alpha value is -0.870. The summed E-state index contributed by atoms with van der Waals surface area (Å²) in [7, 11) is 0. The molecule has 2 nitrogen and oxygen atoms in total. The van der Waals surface area contributed by atoms with Gasteiger partial charge in [0.25, 0.3) is 5.56 Å². The molecule has 0 fully saturated rings. The topological polar surface area (TPSA) is 22.0 Å². The third-order valence-electron chi connectivity index (χ3n) is 2.64. The zero-order chi connectivity index (χ0) is 13.3. The van der Waals surface area contributed by atoms with Crippen molar-refractivity contribution in [1.82, 2.24) is 4.57 Å². The van der Waals surface area contributed by atoms with Gasteiger partial charge >= 0.3 is 0 Å². The highest BCUT2D eigenvalue weighted by molar-refractivity contribution is 9.11. The van der Waals surface area contributed by atoms with Gasteiger partial charge in [-0.1, -0.05) is 29.3 Å². The van der Waals surface area contributed by atoms with Crippen molar-refractivity contribution in [2.24, 2.45) is 0 Å². The molecule has 0 unspecified atom stereocenters. The van der Waals surface area contributed by atoms with E-state index in [9.17, 15) is 4.79 Å². The van der Waals surface area contributed by atoms with Gasteiger partial charge in [-0.2, -0.15) is 0 Å². The molecule has 1 aromatic carbocycles. The molecule has 18 heavy (non-hydrogen) atoms. The molecule has 0 aliphatic carbocycles. The lowest BCUT2D eigenvalue weighted by molar-refractivity contribution is 0.750. The van der Waals surface area contributed by atoms with E-state index in [1.807, 2.05) is 6.20 Å². The first-order valence-electron chi connectivity index (χ1n) is 5.58. The largest absolute Gasteiger partial charge is 0.309 e. The van der Waals surface area contributed by atoms with E-state index in [1.54, 1.807) is 10.6 Å². The van der Waals surface area contributed by atoms with E-state index in [4.69, 9.17) is 0 Å². The fourth-order valence-corrected chi connectivity index (χ4v) is 3.30. The minimum absolute atomic E-state index is 0.0163. The maximum atomic E-state index is 12.0. The lowest BCUT2D eigenvalue weighted by Gasteiger charge is -2.09. The number of aryl methyl sites for hydroxylation is 2. The average Bonchev–Trinajstić information content (AvgIpc) is 2.23. The first-order valence-corrected chi connectivity index (χ1v) is 7.17. The highest BCUT2D eigenvalue weighted by Gasteiger charge is 2.04. The summed E-state index contributed by atoms with van der Waals surface area (Å²) in [6.07, 6.45) is 1.81. The fraction of sp³-hybridized carbons (Fsp3) is 0.214. The molecule has 0 bridgehead atoms. The molecule has 0 spiro atoms. The third-order valence-corrected chi connectivity index (χ3v) is 3.65. The van der Waals surface area contributed by atoms with Crippen LogP contribution in [0.15, 0.2) is 44.2 Å². The maximum Gasteiger partial charge on any atom is 0.265 e. The Kier molecular flexibility index (Phi) is 4.07. The van der Waals surface area contributed by atoms with Gasteiger partial charge in [-0.15, -0.1) is 0 Å². The van der Waals surface area contributed by atoms with E-state index in [0.29, 0.717) is 11.0 Å². The van der Waals surface area contributed by atoms with E-state index in [1.165, 1.54) is 11.1 Å². The standard InChI is InChI=1S/C14H13Br2NO/c1-9-3-10(2)5-11(4-9)7-17-8-12(15)6-13(16)14(17)18/h3-6,8H,7H2,1-2H3. The first-order chi connectivity index (χ1) is 8.45. The SMILES string of the molecule is Cc1cc(C)cc(Cn2cc(Br)cc(Br)c2=O)c1. The molecule has 0 aliphatic rings. The summed E-state index contributed by atoms with van der Waals surface area (Å²) in [5.74, 6) is 0. The van der Waals surface area contributed by atoms with Crippen molar-refractivity contribution in [1.29, 1.82) is 0 Å². The van der Waals surface area contributed by atoms with Gasteiger partial charge in [0, 0.05) is 10.7 Å². The van der Waals surface area contributed by atoms with Crippen molar-refractivity contribution >= 4 is 31.9 Å². The van der Waals surface area contributed by atoms with E-state index in [0.717, 1.165) is 10.0 Å². The van der Waals surface area contributed by atoms with E-state index >= 15 is 0 Å². The number of hydrogen-bond donors (Lipinski definition) is 0. The molecule has 0 N–H and O–H groups in total. The number of nitrogens with zero attached hydrogens (tertiary/aromatic N) is 1. The number of aromatic nitrogens is 1. The second kappa shape index (κ2) is 5.41. The second-order valence-corrected chi connectivity index (χ2v) is 6.21. The number of rotatable bonds is 2. The molecule has 2 rings (SSSR count). The molecule has 1 heterocycles. The summed E-state index contributed by atoms with van der Waals surface area (Å²) >= 11 is 6.68. The summed E-state index contributed by atoms with van der Waals surface area (Å²) in [6.45, 7) is 4.71. The molecule has 0 aliphatic heterocycles. The van der Waals surface area contributed by atoms with Crippen LogP contribution in [0.4, 0.5) is 0 Å². The van der Waals surface area contributed by atoms with Gasteiger partial charge in [-0.25, -0.2) is 0 Å². The lowest BCUT2D eigenvalue weighted by Crippen LogP contribution is -2.20. The summed E-state index contributed by atoms with van der Waals surface area (Å²) in [5, 5.41) is 0. The Morgan fingerprint density at radius 3 is 2.28 bits per heavy atom. The van der Waals surface area contributed by atoms with Crippen LogP contribution in [-0.4, -0.2) is 4.57 Å². The van der Waals surface area contributed by atoms with Gasteiger partial charge in [0.1, 0.15) is 0 Å². The highest BCUT2D eigenvalue weighted by atomic mass is 79.9. The number of halogens is 2. The molecule has 4 heteroatoms. The Morgan fingerprint density at radius 2 is 1.67 bits per heavy atom. The van der Waals surface area contributed by atoms with Crippen molar-refractivity contribution in [2.75, 3.05) is 0 Å². The fourth-order valence-electron chi connectivity index (χ4n) is 2.04. The van der Waals surface area contributed by atoms with Crippen molar-refractivity contribution in [3.8, 4) is 0 Å². The van der Waals surface area contributed by atoms with Crippen LogP contribution in [0.5, 0.6) is 0 Å². The molecule has 2 aromatic rings. The van der Waals surface area contributed by atoms with Gasteiger partial charge < -0.3 is 4.57 Å². The van der Waals surface area contributed by atoms with Crippen LogP contribution >= 0.6 is 31.9 Å². The van der Waals surface area contributed by atoms with Crippen LogP contribution in [0, 0.1) is 13.8 Å². The van der Waals surface area contributed by atoms with E-state index < -0.39 is 0 Å². The van der Waals surface area contributed by atoms with E-state index in [2.05, 4.69) is 63.9 Å². The highest BCUT2D eigenvalue weighted by Crippen LogP contribution is 2.15. The predicted molar refractivity (Wildman–Crippen MR) is 81.1 cm³/mol. The number of hydrogen-bond acceptors (Lipinski definition) is 1. The quantitative estimate of drug-likeness (QED) is 0.781. The van der Waals surface area contributed by atoms with Gasteiger partial charge in [0.05, 0.1) is 11.0 Å². The number of pyridine rings is 1. The summed E-state index contributed by atoms with van der Waals surface area (Å²) < 4.78 is 3.15. The lowest BCUT2D eigenvalue weighted by atomic mass is 10.1. The third kappa shape index (κ3) is 3.12. The number of benzene rings is 1. The Bertz CT molecular complexity index is 626. The Labute approximate surface area is 123 Å². The van der Waals surface area contributed by atoms with Crippen molar-refractivity contribution in [3.05, 3.63) is 66.5 Å². The van der Waals surface area contributed by atoms with Gasteiger partial charge in [-0.05, 0) is 57.3 Å². The smallest absolute Gasteiger partial charge is 0.265 e. The zero-order valence-electron chi connectivity index (χ0n) is 10.2. The average molecular weight is 371 g/mol. The Balaban J connectivity index is 2.43. The first kappa shape index (κ1) is 13.6. The molecular formula is C14H13Br2NO. The van der Waals surface area contributed by atoms with Crippen molar-refractivity contribution in [2.45, 2.75) is 20.4 Å². The normalized spacial score (nSPS) is 10.7. The van der Waals surface area contributed by atoms with Crippen LogP contribution in [0.2, 0.25) is 0 Å². The molecule has 1 aromatic heterocycles. The van der Waals surface area contributed by atoms with Crippen molar-refractivity contribution in [3.63, 3.8) is 0 Å². The molecule has 0 saturated carbocycles. The predicted octanol–water partition coefficient (Wildman–Crippen LogP) is 4.04. The van der Waals surface area contributed by atoms with Crippen molar-refractivity contribution < 1.29 is 0 Å². The molecule has 94 valence electrons. The van der Waals surface area contributed by atoms with Gasteiger partial charge in [0.15, 0.2) is 0 Å². The van der Waals surface area contributed by atoms with Crippen LogP contribution in [0.3, 0.4) is 0 Å². The molecule has 0 saturated heterocycles. The van der Waals surface area contributed by atoms with Gasteiger partial charge in [0.2, 0.25) is 0 Å². The zero-order valence-corrected chi connectivity index (χ0v) is 13.4. The van der Waals surface area contributed by atoms with Gasteiger partial charge in [-0.3, -0.25) is 4.79 Å². The summed E-state index contributed by atoms with van der Waals surface area (Å²) in [5.41, 5.74) is 3.55. The van der Waals surface area contributed by atoms with E-state index in [-0.39, 0.29) is 5.56 Å². The second-order valence-electron chi connectivity index (χ2n) is 4.44. The maximum absolute atomic E-state index is 12.0. The molecule has 0 amide bonds. The molecular weight excluding hydrogens is 358 g/mol. The molecule has 0 radical (unpaired) electrons. The molecule has 0 atom stereocenters. The monoisotopic (exact) mass is 369 g/mol. The van der Waals surface area contributed by atoms with Crippen LogP contribution in [0.25, 0.3) is 0 Å². The van der Waals surface area contributed by atoms with Crippen LogP contribution in [-0.2, 0) is 6.54 Å². The summed E-state index contributed by atoms with van der Waals surface area (Å²) in [6, 6.07) is 8.10. The Morgan fingerprint density at radius 1 is 1.06 bits per heavy atom. The summed E-state index contributed by atoms with van der Waals surface area (Å²) in [4.78, 5) is 12.0.